The van der Waals surface area contributed by atoms with E-state index in [0.717, 1.165) is 4.88 Å². The van der Waals surface area contributed by atoms with Gasteiger partial charge in [0, 0.05) is 0 Å². The second kappa shape index (κ2) is 3.43. The van der Waals surface area contributed by atoms with E-state index >= 15 is 0 Å². The summed E-state index contributed by atoms with van der Waals surface area (Å²) in [6.45, 7) is 0. The van der Waals surface area contributed by atoms with E-state index in [-0.39, 0.29) is 5.56 Å². The number of nitrogens with zero attached hydrogens (tertiary/aromatic N) is 1. The van der Waals surface area contributed by atoms with Gasteiger partial charge in [-0.15, -0.1) is 11.3 Å². The number of aromatic carboxylic acids is 1. The largest absolute Gasteiger partial charge is 0.478 e. The van der Waals surface area contributed by atoms with Crippen molar-refractivity contribution >= 4 is 28.9 Å². The van der Waals surface area contributed by atoms with Gasteiger partial charge in [0.1, 0.15) is 5.56 Å². The maximum atomic E-state index is 10.8. The molecule has 0 aliphatic heterocycles. The lowest BCUT2D eigenvalue weighted by Gasteiger charge is -1.93. The van der Waals surface area contributed by atoms with Crippen LogP contribution in [-0.2, 0) is 0 Å². The predicted octanol–water partition coefficient (Wildman–Crippen LogP) is 2.49. The summed E-state index contributed by atoms with van der Waals surface area (Å²) >= 11 is 7.05. The van der Waals surface area contributed by atoms with Crippen molar-refractivity contribution in [3.8, 4) is 10.6 Å². The van der Waals surface area contributed by atoms with Crippen LogP contribution >= 0.6 is 22.9 Å². The van der Waals surface area contributed by atoms with E-state index in [1.54, 1.807) is 12.1 Å². The van der Waals surface area contributed by atoms with Crippen LogP contribution in [0.15, 0.2) is 18.3 Å². The van der Waals surface area contributed by atoms with E-state index in [4.69, 9.17) is 16.7 Å². The predicted molar refractivity (Wildman–Crippen MR) is 53.9 cm³/mol. The molecule has 2 aromatic rings. The normalized spacial score (nSPS) is 10.4. The topological polar surface area (TPSA) is 66.0 Å². The maximum Gasteiger partial charge on any atom is 0.339 e. The first-order chi connectivity index (χ1) is 6.68. The number of halogens is 1. The summed E-state index contributed by atoms with van der Waals surface area (Å²) < 4.78 is 0.617. The van der Waals surface area contributed by atoms with Crippen molar-refractivity contribution in [2.45, 2.75) is 0 Å². The Kier molecular flexibility index (Phi) is 2.26. The van der Waals surface area contributed by atoms with Gasteiger partial charge in [-0.05, 0) is 12.1 Å². The highest BCUT2D eigenvalue weighted by Crippen LogP contribution is 2.31. The molecule has 0 bridgehead atoms. The summed E-state index contributed by atoms with van der Waals surface area (Å²) in [5.74, 6) is -1.00. The van der Waals surface area contributed by atoms with Crippen molar-refractivity contribution in [3.05, 3.63) is 28.2 Å². The number of hydrogen-bond acceptors (Lipinski definition) is 3. The molecule has 6 heteroatoms. The summed E-state index contributed by atoms with van der Waals surface area (Å²) in [6.07, 6.45) is 1.28. The molecule has 2 aromatic heterocycles. The van der Waals surface area contributed by atoms with Crippen LogP contribution in [0, 0.1) is 0 Å². The fourth-order valence-corrected chi connectivity index (χ4v) is 2.14. The van der Waals surface area contributed by atoms with Gasteiger partial charge in [0.25, 0.3) is 0 Å². The fourth-order valence-electron chi connectivity index (χ4n) is 1.08. The van der Waals surface area contributed by atoms with Gasteiger partial charge in [-0.25, -0.2) is 4.79 Å². The Morgan fingerprint density at radius 3 is 2.93 bits per heavy atom. The number of carboxylic acid groups (broad SMARTS) is 1. The molecule has 2 N–H and O–H groups in total. The minimum Gasteiger partial charge on any atom is -0.478 e. The molecule has 0 aromatic carbocycles. The minimum absolute atomic E-state index is 0.156. The standard InChI is InChI=1S/C8H5ClN2O2S/c9-6-2-1-5(14-6)7-4(8(12)13)3-10-11-7/h1-3H,(H,10,11)(H,12,13). The van der Waals surface area contributed by atoms with Crippen LogP contribution in [0.2, 0.25) is 4.34 Å². The third-order valence-electron chi connectivity index (χ3n) is 1.69. The van der Waals surface area contributed by atoms with E-state index in [0.29, 0.717) is 10.0 Å². The Hall–Kier alpha value is -1.33. The molecule has 0 amide bonds. The van der Waals surface area contributed by atoms with Gasteiger partial charge in [-0.3, -0.25) is 5.10 Å². The summed E-state index contributed by atoms with van der Waals surface area (Å²) in [4.78, 5) is 11.5. The molecule has 4 nitrogen and oxygen atoms in total. The SMILES string of the molecule is O=C(O)c1cn[nH]c1-c1ccc(Cl)s1. The highest BCUT2D eigenvalue weighted by molar-refractivity contribution is 7.19. The zero-order valence-corrected chi connectivity index (χ0v) is 8.39. The molecule has 0 atom stereocenters. The molecule has 0 saturated carbocycles. The van der Waals surface area contributed by atoms with Crippen LogP contribution in [0.4, 0.5) is 0 Å². The number of nitrogens with one attached hydrogen (secondary N) is 1. The molecular weight excluding hydrogens is 224 g/mol. The van der Waals surface area contributed by atoms with Gasteiger partial charge in [0.2, 0.25) is 0 Å². The van der Waals surface area contributed by atoms with Crippen molar-refractivity contribution in [1.29, 1.82) is 0 Å². The second-order valence-corrected chi connectivity index (χ2v) is 4.28. The monoisotopic (exact) mass is 228 g/mol. The summed E-state index contributed by atoms with van der Waals surface area (Å²) in [5.41, 5.74) is 0.651. The van der Waals surface area contributed by atoms with Crippen molar-refractivity contribution in [2.24, 2.45) is 0 Å². The highest BCUT2D eigenvalue weighted by Gasteiger charge is 2.15. The van der Waals surface area contributed by atoms with E-state index in [1.807, 2.05) is 0 Å². The first-order valence-electron chi connectivity index (χ1n) is 3.71. The molecular formula is C8H5ClN2O2S. The Balaban J connectivity index is 2.51. The van der Waals surface area contributed by atoms with Crippen LogP contribution in [0.3, 0.4) is 0 Å². The van der Waals surface area contributed by atoms with Crippen LogP contribution in [-0.4, -0.2) is 21.3 Å². The van der Waals surface area contributed by atoms with Crippen molar-refractivity contribution in [1.82, 2.24) is 10.2 Å². The molecule has 0 saturated heterocycles. The second-order valence-electron chi connectivity index (χ2n) is 2.57. The molecule has 0 radical (unpaired) electrons. The third kappa shape index (κ3) is 1.51. The fraction of sp³-hybridized carbons (Fsp3) is 0. The number of carbonyl (C=O) groups is 1. The summed E-state index contributed by atoms with van der Waals surface area (Å²) in [5, 5.41) is 15.2. The third-order valence-corrected chi connectivity index (χ3v) is 2.94. The minimum atomic E-state index is -1.00. The summed E-state index contributed by atoms with van der Waals surface area (Å²) in [7, 11) is 0. The molecule has 0 aliphatic carbocycles. The lowest BCUT2D eigenvalue weighted by atomic mass is 10.2. The van der Waals surface area contributed by atoms with Crippen molar-refractivity contribution in [2.75, 3.05) is 0 Å². The Labute approximate surface area is 88.2 Å². The lowest BCUT2D eigenvalue weighted by Crippen LogP contribution is -1.95. The smallest absolute Gasteiger partial charge is 0.339 e. The Morgan fingerprint density at radius 1 is 1.57 bits per heavy atom. The molecule has 0 unspecified atom stereocenters. The van der Waals surface area contributed by atoms with Gasteiger partial charge in [0.05, 0.1) is 21.1 Å². The molecule has 0 aliphatic rings. The van der Waals surface area contributed by atoms with Gasteiger partial charge in [0.15, 0.2) is 0 Å². The number of rotatable bonds is 2. The number of thiophene rings is 1. The molecule has 0 fully saturated rings. The van der Waals surface area contributed by atoms with Crippen LogP contribution < -0.4 is 0 Å². The van der Waals surface area contributed by atoms with Gasteiger partial charge in [-0.1, -0.05) is 11.6 Å². The molecule has 14 heavy (non-hydrogen) atoms. The van der Waals surface area contributed by atoms with Crippen LogP contribution in [0.25, 0.3) is 10.6 Å². The number of hydrogen-bond donors (Lipinski definition) is 2. The van der Waals surface area contributed by atoms with Crippen LogP contribution in [0.5, 0.6) is 0 Å². The highest BCUT2D eigenvalue weighted by atomic mass is 35.5. The van der Waals surface area contributed by atoms with Gasteiger partial charge < -0.3 is 5.11 Å². The summed E-state index contributed by atoms with van der Waals surface area (Å²) in [6, 6.07) is 3.47. The number of aromatic amines is 1. The van der Waals surface area contributed by atoms with Crippen molar-refractivity contribution in [3.63, 3.8) is 0 Å². The molecule has 0 spiro atoms. The number of carboxylic acids is 1. The van der Waals surface area contributed by atoms with E-state index in [9.17, 15) is 4.79 Å². The van der Waals surface area contributed by atoms with E-state index in [2.05, 4.69) is 10.2 Å². The molecule has 2 heterocycles. The van der Waals surface area contributed by atoms with Crippen LogP contribution in [0.1, 0.15) is 10.4 Å². The van der Waals surface area contributed by atoms with Gasteiger partial charge >= 0.3 is 5.97 Å². The van der Waals surface area contributed by atoms with E-state index < -0.39 is 5.97 Å². The first-order valence-corrected chi connectivity index (χ1v) is 4.90. The quantitative estimate of drug-likeness (QED) is 0.830. The Morgan fingerprint density at radius 2 is 2.36 bits per heavy atom. The van der Waals surface area contributed by atoms with Gasteiger partial charge in [-0.2, -0.15) is 5.10 Å². The average Bonchev–Trinajstić information content (AvgIpc) is 2.70. The number of aromatic nitrogens is 2. The number of H-pyrrole nitrogens is 1. The zero-order valence-electron chi connectivity index (χ0n) is 6.82. The average molecular weight is 229 g/mol. The molecule has 2 rings (SSSR count). The Bertz CT molecular complexity index is 477. The van der Waals surface area contributed by atoms with E-state index in [1.165, 1.54) is 17.5 Å². The first kappa shape index (κ1) is 9.23. The maximum absolute atomic E-state index is 10.8. The van der Waals surface area contributed by atoms with Crippen molar-refractivity contribution < 1.29 is 9.90 Å². The molecule has 72 valence electrons. The zero-order chi connectivity index (χ0) is 10.1. The lowest BCUT2D eigenvalue weighted by molar-refractivity contribution is 0.0698.